The van der Waals surface area contributed by atoms with Crippen molar-refractivity contribution in [3.8, 4) is 11.5 Å². The Labute approximate surface area is 87.0 Å². The van der Waals surface area contributed by atoms with E-state index in [1.54, 1.807) is 18.6 Å². The minimum atomic E-state index is 0.567. The molecule has 2 N–H and O–H groups in total. The van der Waals surface area contributed by atoms with Crippen LogP contribution in [0.15, 0.2) is 24.7 Å². The zero-order chi connectivity index (χ0) is 10.1. The van der Waals surface area contributed by atoms with Crippen LogP contribution in [0.4, 0.5) is 5.95 Å². The number of H-pyrrole nitrogens is 1. The largest absolute Gasteiger partial charge is 0.351 e. The summed E-state index contributed by atoms with van der Waals surface area (Å²) in [7, 11) is 0. The van der Waals surface area contributed by atoms with Crippen LogP contribution < -0.4 is 5.32 Å². The molecule has 2 heterocycles. The van der Waals surface area contributed by atoms with Gasteiger partial charge in [-0.1, -0.05) is 0 Å². The summed E-state index contributed by atoms with van der Waals surface area (Å²) in [6.07, 6.45) is 7.68. The monoisotopic (exact) mass is 201 g/mol. The van der Waals surface area contributed by atoms with Crippen LogP contribution in [-0.2, 0) is 0 Å². The van der Waals surface area contributed by atoms with Gasteiger partial charge in [-0.2, -0.15) is 0 Å². The predicted molar refractivity (Wildman–Crippen MR) is 56.3 cm³/mol. The van der Waals surface area contributed by atoms with E-state index in [1.165, 1.54) is 12.8 Å². The molecule has 0 radical (unpaired) electrons. The van der Waals surface area contributed by atoms with Crippen LogP contribution in [0.5, 0.6) is 0 Å². The first-order valence-electron chi connectivity index (χ1n) is 5.01. The molecule has 3 rings (SSSR count). The van der Waals surface area contributed by atoms with E-state index in [1.807, 2.05) is 6.07 Å². The third kappa shape index (κ3) is 1.81. The first-order chi connectivity index (χ1) is 7.42. The Bertz CT molecular complexity index is 447. The Morgan fingerprint density at radius 1 is 1.27 bits per heavy atom. The normalized spacial score (nSPS) is 15.2. The second kappa shape index (κ2) is 3.34. The lowest BCUT2D eigenvalue weighted by Gasteiger charge is -2.02. The highest BCUT2D eigenvalue weighted by molar-refractivity contribution is 5.50. The summed E-state index contributed by atoms with van der Waals surface area (Å²) in [5.74, 6) is 1.46. The summed E-state index contributed by atoms with van der Waals surface area (Å²) in [5, 5.41) is 3.25. The molecule has 0 unspecified atom stereocenters. The minimum absolute atomic E-state index is 0.567. The van der Waals surface area contributed by atoms with Gasteiger partial charge in [-0.05, 0) is 18.9 Å². The fourth-order valence-corrected chi connectivity index (χ4v) is 1.38. The van der Waals surface area contributed by atoms with E-state index in [2.05, 4.69) is 25.3 Å². The van der Waals surface area contributed by atoms with Gasteiger partial charge in [-0.15, -0.1) is 0 Å². The Hall–Kier alpha value is -1.91. The molecule has 0 saturated heterocycles. The Morgan fingerprint density at radius 2 is 2.20 bits per heavy atom. The molecule has 0 aliphatic heterocycles. The Morgan fingerprint density at radius 3 is 2.93 bits per heavy atom. The molecule has 1 saturated carbocycles. The summed E-state index contributed by atoms with van der Waals surface area (Å²) >= 11 is 0. The minimum Gasteiger partial charge on any atom is -0.351 e. The van der Waals surface area contributed by atoms with Crippen LogP contribution in [-0.4, -0.2) is 26.0 Å². The third-order valence-electron chi connectivity index (χ3n) is 2.31. The van der Waals surface area contributed by atoms with E-state index in [0.717, 1.165) is 11.5 Å². The molecule has 1 aliphatic carbocycles. The van der Waals surface area contributed by atoms with Crippen molar-refractivity contribution < 1.29 is 0 Å². The highest BCUT2D eigenvalue weighted by Gasteiger charge is 2.21. The molecule has 76 valence electrons. The van der Waals surface area contributed by atoms with Crippen molar-refractivity contribution >= 4 is 5.95 Å². The molecule has 0 amide bonds. The van der Waals surface area contributed by atoms with Gasteiger partial charge in [0.1, 0.15) is 5.69 Å². The SMILES string of the molecule is c1cc(-c2ncc[nH]2)nc(NC2CC2)n1. The van der Waals surface area contributed by atoms with E-state index in [4.69, 9.17) is 0 Å². The summed E-state index contributed by atoms with van der Waals surface area (Å²) in [6.45, 7) is 0. The number of aromatic amines is 1. The first kappa shape index (κ1) is 8.40. The van der Waals surface area contributed by atoms with Gasteiger partial charge in [-0.3, -0.25) is 0 Å². The van der Waals surface area contributed by atoms with Gasteiger partial charge in [0.25, 0.3) is 0 Å². The fraction of sp³-hybridized carbons (Fsp3) is 0.300. The number of nitrogens with zero attached hydrogens (tertiary/aromatic N) is 3. The molecule has 15 heavy (non-hydrogen) atoms. The highest BCUT2D eigenvalue weighted by atomic mass is 15.1. The maximum absolute atomic E-state index is 4.38. The zero-order valence-electron chi connectivity index (χ0n) is 8.14. The van der Waals surface area contributed by atoms with Crippen molar-refractivity contribution in [2.24, 2.45) is 0 Å². The van der Waals surface area contributed by atoms with Crippen molar-refractivity contribution in [1.29, 1.82) is 0 Å². The highest BCUT2D eigenvalue weighted by Crippen LogP contribution is 2.23. The Balaban J connectivity index is 1.88. The standard InChI is InChI=1S/C10H11N5/c1-2-7(1)14-10-13-4-3-8(15-10)9-11-5-6-12-9/h3-7H,1-2H2,(H,11,12)(H,13,14,15). The second-order valence-electron chi connectivity index (χ2n) is 3.62. The average Bonchev–Trinajstić information content (AvgIpc) is 2.91. The number of rotatable bonds is 3. The lowest BCUT2D eigenvalue weighted by Crippen LogP contribution is -2.05. The van der Waals surface area contributed by atoms with Gasteiger partial charge in [-0.25, -0.2) is 15.0 Å². The first-order valence-corrected chi connectivity index (χ1v) is 5.01. The van der Waals surface area contributed by atoms with Crippen LogP contribution in [0.3, 0.4) is 0 Å². The maximum atomic E-state index is 4.38. The van der Waals surface area contributed by atoms with Crippen molar-refractivity contribution in [3.05, 3.63) is 24.7 Å². The summed E-state index contributed by atoms with van der Waals surface area (Å²) in [6, 6.07) is 2.41. The van der Waals surface area contributed by atoms with Crippen LogP contribution in [0, 0.1) is 0 Å². The van der Waals surface area contributed by atoms with Gasteiger partial charge in [0.2, 0.25) is 5.95 Å². The summed E-state index contributed by atoms with van der Waals surface area (Å²) in [5.41, 5.74) is 0.818. The van der Waals surface area contributed by atoms with Crippen molar-refractivity contribution in [2.45, 2.75) is 18.9 Å². The zero-order valence-corrected chi connectivity index (χ0v) is 8.14. The topological polar surface area (TPSA) is 66.5 Å². The molecule has 0 aromatic carbocycles. The summed E-state index contributed by atoms with van der Waals surface area (Å²) in [4.78, 5) is 15.7. The van der Waals surface area contributed by atoms with E-state index in [-0.39, 0.29) is 0 Å². The average molecular weight is 201 g/mol. The predicted octanol–water partition coefficient (Wildman–Crippen LogP) is 1.44. The maximum Gasteiger partial charge on any atom is 0.223 e. The van der Waals surface area contributed by atoms with Crippen LogP contribution in [0.1, 0.15) is 12.8 Å². The van der Waals surface area contributed by atoms with Crippen molar-refractivity contribution in [1.82, 2.24) is 19.9 Å². The van der Waals surface area contributed by atoms with Gasteiger partial charge >= 0.3 is 0 Å². The number of anilines is 1. The van der Waals surface area contributed by atoms with E-state index < -0.39 is 0 Å². The number of hydrogen-bond donors (Lipinski definition) is 2. The van der Waals surface area contributed by atoms with Gasteiger partial charge in [0.05, 0.1) is 0 Å². The van der Waals surface area contributed by atoms with Crippen LogP contribution >= 0.6 is 0 Å². The molecule has 2 aromatic heterocycles. The Kier molecular flexibility index (Phi) is 1.87. The molecule has 0 atom stereocenters. The van der Waals surface area contributed by atoms with Gasteiger partial charge in [0.15, 0.2) is 5.82 Å². The fourth-order valence-electron chi connectivity index (χ4n) is 1.38. The molecule has 2 aromatic rings. The quantitative estimate of drug-likeness (QED) is 0.788. The van der Waals surface area contributed by atoms with Gasteiger partial charge < -0.3 is 10.3 Å². The number of nitrogens with one attached hydrogen (secondary N) is 2. The molecule has 5 heteroatoms. The lowest BCUT2D eigenvalue weighted by atomic mass is 10.4. The molecular weight excluding hydrogens is 190 g/mol. The summed E-state index contributed by atoms with van der Waals surface area (Å²) < 4.78 is 0. The number of hydrogen-bond acceptors (Lipinski definition) is 4. The van der Waals surface area contributed by atoms with E-state index in [9.17, 15) is 0 Å². The molecule has 0 bridgehead atoms. The molecule has 5 nitrogen and oxygen atoms in total. The number of aromatic nitrogens is 4. The lowest BCUT2D eigenvalue weighted by molar-refractivity contribution is 1.05. The van der Waals surface area contributed by atoms with Crippen LogP contribution in [0.2, 0.25) is 0 Å². The van der Waals surface area contributed by atoms with Crippen molar-refractivity contribution in [3.63, 3.8) is 0 Å². The van der Waals surface area contributed by atoms with Crippen LogP contribution in [0.25, 0.3) is 11.5 Å². The molecular formula is C10H11N5. The smallest absolute Gasteiger partial charge is 0.223 e. The molecule has 0 spiro atoms. The number of imidazole rings is 1. The van der Waals surface area contributed by atoms with Crippen molar-refractivity contribution in [2.75, 3.05) is 5.32 Å². The van der Waals surface area contributed by atoms with E-state index in [0.29, 0.717) is 12.0 Å². The van der Waals surface area contributed by atoms with E-state index >= 15 is 0 Å². The molecule has 1 fully saturated rings. The molecule has 1 aliphatic rings. The second-order valence-corrected chi connectivity index (χ2v) is 3.62. The third-order valence-corrected chi connectivity index (χ3v) is 2.31. The van der Waals surface area contributed by atoms with Gasteiger partial charge in [0, 0.05) is 24.6 Å².